The van der Waals surface area contributed by atoms with Gasteiger partial charge in [0.15, 0.2) is 0 Å². The van der Waals surface area contributed by atoms with E-state index in [-0.39, 0.29) is 16.2 Å². The first-order valence-electron chi connectivity index (χ1n) is 6.93. The third-order valence-corrected chi connectivity index (χ3v) is 5.12. The third kappa shape index (κ3) is 3.72. The predicted molar refractivity (Wildman–Crippen MR) is 88.2 cm³/mol. The van der Waals surface area contributed by atoms with Gasteiger partial charge in [-0.3, -0.25) is 4.79 Å². The predicted octanol–water partition coefficient (Wildman–Crippen LogP) is 2.34. The van der Waals surface area contributed by atoms with E-state index >= 15 is 0 Å². The van der Waals surface area contributed by atoms with Gasteiger partial charge in [0, 0.05) is 25.3 Å². The topological polar surface area (TPSA) is 75.7 Å². The van der Waals surface area contributed by atoms with Crippen LogP contribution in [0.1, 0.15) is 10.4 Å². The molecular weight excluding hydrogens is 335 g/mol. The van der Waals surface area contributed by atoms with Crippen molar-refractivity contribution in [1.29, 1.82) is 0 Å². The number of hydrogen-bond acceptors (Lipinski definition) is 4. The van der Waals surface area contributed by atoms with Crippen molar-refractivity contribution in [3.05, 3.63) is 53.8 Å². The number of methoxy groups -OCH3 is 1. The van der Waals surface area contributed by atoms with Gasteiger partial charge in [-0.25, -0.2) is 17.1 Å². The van der Waals surface area contributed by atoms with Gasteiger partial charge in [0.05, 0.1) is 7.11 Å². The number of nitrogens with zero attached hydrogens (tertiary/aromatic N) is 1. The van der Waals surface area contributed by atoms with Crippen LogP contribution in [-0.2, 0) is 10.0 Å². The van der Waals surface area contributed by atoms with Crippen molar-refractivity contribution in [3.63, 3.8) is 0 Å². The minimum atomic E-state index is -3.78. The second-order valence-corrected chi connectivity index (χ2v) is 7.23. The van der Waals surface area contributed by atoms with E-state index in [2.05, 4.69) is 5.32 Å². The third-order valence-electron chi connectivity index (χ3n) is 3.29. The smallest absolute Gasteiger partial charge is 0.255 e. The molecule has 0 heterocycles. The van der Waals surface area contributed by atoms with Gasteiger partial charge in [-0.1, -0.05) is 0 Å². The summed E-state index contributed by atoms with van der Waals surface area (Å²) >= 11 is 0. The zero-order valence-electron chi connectivity index (χ0n) is 13.4. The summed E-state index contributed by atoms with van der Waals surface area (Å²) in [4.78, 5) is 12.2. The SMILES string of the molecule is COc1ccc(C(=O)Nc2ccc(F)cc2)cc1S(=O)(=O)N(C)C. The standard InChI is InChI=1S/C16H17FN2O4S/c1-19(2)24(21,22)15-10-11(4-9-14(15)23-3)16(20)18-13-7-5-12(17)6-8-13/h4-10H,1-3H3,(H,18,20). The van der Waals surface area contributed by atoms with Gasteiger partial charge in [-0.2, -0.15) is 0 Å². The maximum Gasteiger partial charge on any atom is 0.255 e. The highest BCUT2D eigenvalue weighted by Crippen LogP contribution is 2.27. The Balaban J connectivity index is 2.37. The summed E-state index contributed by atoms with van der Waals surface area (Å²) in [5, 5.41) is 2.58. The van der Waals surface area contributed by atoms with Crippen LogP contribution in [0.25, 0.3) is 0 Å². The van der Waals surface area contributed by atoms with Crippen LogP contribution in [0.15, 0.2) is 47.4 Å². The second kappa shape index (κ2) is 6.98. The number of rotatable bonds is 5. The van der Waals surface area contributed by atoms with Crippen LogP contribution < -0.4 is 10.1 Å². The average molecular weight is 352 g/mol. The van der Waals surface area contributed by atoms with Crippen LogP contribution in [0.3, 0.4) is 0 Å². The Morgan fingerprint density at radius 2 is 1.75 bits per heavy atom. The highest BCUT2D eigenvalue weighted by molar-refractivity contribution is 7.89. The molecule has 0 aliphatic heterocycles. The molecule has 0 saturated heterocycles. The molecule has 0 aliphatic rings. The van der Waals surface area contributed by atoms with Crippen molar-refractivity contribution in [3.8, 4) is 5.75 Å². The van der Waals surface area contributed by atoms with Crippen LogP contribution in [-0.4, -0.2) is 39.8 Å². The summed E-state index contributed by atoms with van der Waals surface area (Å²) < 4.78 is 43.7. The Morgan fingerprint density at radius 3 is 2.29 bits per heavy atom. The number of benzene rings is 2. The van der Waals surface area contributed by atoms with Gasteiger partial charge in [0.1, 0.15) is 16.5 Å². The van der Waals surface area contributed by atoms with Crippen molar-refractivity contribution in [2.75, 3.05) is 26.5 Å². The molecule has 24 heavy (non-hydrogen) atoms. The first-order valence-corrected chi connectivity index (χ1v) is 8.37. The maximum atomic E-state index is 12.9. The van der Waals surface area contributed by atoms with Crippen molar-refractivity contribution in [2.45, 2.75) is 4.90 Å². The van der Waals surface area contributed by atoms with Gasteiger partial charge in [0.2, 0.25) is 10.0 Å². The number of carbonyl (C=O) groups is 1. The number of nitrogens with one attached hydrogen (secondary N) is 1. The molecule has 0 radical (unpaired) electrons. The quantitative estimate of drug-likeness (QED) is 0.896. The van der Waals surface area contributed by atoms with E-state index in [1.54, 1.807) is 0 Å². The van der Waals surface area contributed by atoms with Crippen LogP contribution in [0.5, 0.6) is 5.75 Å². The lowest BCUT2D eigenvalue weighted by Gasteiger charge is -2.15. The molecule has 2 aromatic carbocycles. The molecule has 0 fully saturated rings. The second-order valence-electron chi connectivity index (χ2n) is 5.11. The van der Waals surface area contributed by atoms with Crippen LogP contribution in [0, 0.1) is 5.82 Å². The number of hydrogen-bond donors (Lipinski definition) is 1. The molecule has 2 rings (SSSR count). The normalized spacial score (nSPS) is 11.4. The maximum absolute atomic E-state index is 12.9. The molecule has 0 aliphatic carbocycles. The van der Waals surface area contributed by atoms with Crippen molar-refractivity contribution in [2.24, 2.45) is 0 Å². The first kappa shape index (κ1) is 17.9. The van der Waals surface area contributed by atoms with Gasteiger partial charge in [-0.15, -0.1) is 0 Å². The Morgan fingerprint density at radius 1 is 1.12 bits per heavy atom. The summed E-state index contributed by atoms with van der Waals surface area (Å²) in [6.45, 7) is 0. The Hall–Kier alpha value is -2.45. The Bertz CT molecular complexity index is 849. The number of carbonyl (C=O) groups excluding carboxylic acids is 1. The number of anilines is 1. The number of amides is 1. The summed E-state index contributed by atoms with van der Waals surface area (Å²) in [5.41, 5.74) is 0.537. The Kier molecular flexibility index (Phi) is 5.20. The molecule has 0 atom stereocenters. The lowest BCUT2D eigenvalue weighted by atomic mass is 10.2. The molecule has 2 aromatic rings. The van der Waals surface area contributed by atoms with Gasteiger partial charge >= 0.3 is 0 Å². The van der Waals surface area contributed by atoms with Crippen LogP contribution in [0.2, 0.25) is 0 Å². The van der Waals surface area contributed by atoms with E-state index in [1.807, 2.05) is 0 Å². The zero-order chi connectivity index (χ0) is 17.9. The van der Waals surface area contributed by atoms with E-state index in [9.17, 15) is 17.6 Å². The molecule has 6 nitrogen and oxygen atoms in total. The highest BCUT2D eigenvalue weighted by Gasteiger charge is 2.23. The van der Waals surface area contributed by atoms with Crippen molar-refractivity contribution < 1.29 is 22.3 Å². The minimum absolute atomic E-state index is 0.109. The molecule has 0 spiro atoms. The largest absolute Gasteiger partial charge is 0.495 e. The lowest BCUT2D eigenvalue weighted by Crippen LogP contribution is -2.23. The molecule has 0 aromatic heterocycles. The fraction of sp³-hybridized carbons (Fsp3) is 0.188. The summed E-state index contributed by atoms with van der Waals surface area (Å²) in [6.07, 6.45) is 0. The van der Waals surface area contributed by atoms with E-state index < -0.39 is 21.7 Å². The van der Waals surface area contributed by atoms with E-state index in [0.29, 0.717) is 5.69 Å². The van der Waals surface area contributed by atoms with Crippen molar-refractivity contribution in [1.82, 2.24) is 4.31 Å². The lowest BCUT2D eigenvalue weighted by molar-refractivity contribution is 0.102. The van der Waals surface area contributed by atoms with E-state index in [4.69, 9.17) is 4.74 Å². The fourth-order valence-electron chi connectivity index (χ4n) is 1.95. The zero-order valence-corrected chi connectivity index (χ0v) is 14.2. The van der Waals surface area contributed by atoms with Gasteiger partial charge < -0.3 is 10.1 Å². The monoisotopic (exact) mass is 352 g/mol. The minimum Gasteiger partial charge on any atom is -0.495 e. The summed E-state index contributed by atoms with van der Waals surface area (Å²) in [6, 6.07) is 9.36. The highest BCUT2D eigenvalue weighted by atomic mass is 32.2. The average Bonchev–Trinajstić information content (AvgIpc) is 2.56. The summed E-state index contributed by atoms with van der Waals surface area (Å²) in [7, 11) is 0.352. The summed E-state index contributed by atoms with van der Waals surface area (Å²) in [5.74, 6) is -0.793. The molecule has 1 N–H and O–H groups in total. The molecule has 1 amide bonds. The molecule has 128 valence electrons. The molecule has 0 saturated carbocycles. The molecule has 0 bridgehead atoms. The van der Waals surface area contributed by atoms with Crippen LogP contribution in [0.4, 0.5) is 10.1 Å². The number of halogens is 1. The molecular formula is C16H17FN2O4S. The van der Waals surface area contributed by atoms with Crippen LogP contribution >= 0.6 is 0 Å². The molecule has 0 unspecified atom stereocenters. The van der Waals surface area contributed by atoms with E-state index in [0.717, 1.165) is 4.31 Å². The van der Waals surface area contributed by atoms with E-state index in [1.165, 1.54) is 63.7 Å². The number of sulfonamides is 1. The van der Waals surface area contributed by atoms with Gasteiger partial charge in [0.25, 0.3) is 5.91 Å². The van der Waals surface area contributed by atoms with Crippen molar-refractivity contribution >= 4 is 21.6 Å². The van der Waals surface area contributed by atoms with Gasteiger partial charge in [-0.05, 0) is 42.5 Å². The number of ether oxygens (including phenoxy) is 1. The Labute approximate surface area is 139 Å². The molecule has 8 heteroatoms. The fourth-order valence-corrected chi connectivity index (χ4v) is 3.03. The first-order chi connectivity index (χ1) is 11.3.